The molecule has 178 valence electrons. The summed E-state index contributed by atoms with van der Waals surface area (Å²) < 4.78 is 41.1. The highest BCUT2D eigenvalue weighted by molar-refractivity contribution is 8.01. The van der Waals surface area contributed by atoms with Gasteiger partial charge < -0.3 is 5.32 Å². The van der Waals surface area contributed by atoms with Gasteiger partial charge in [-0.05, 0) is 11.6 Å². The summed E-state index contributed by atoms with van der Waals surface area (Å²) >= 11 is 3.84. The number of rotatable bonds is 7. The molecule has 0 radical (unpaired) electrons. The quantitative estimate of drug-likeness (QED) is 0.273. The third-order valence-electron chi connectivity index (χ3n) is 4.76. The predicted octanol–water partition coefficient (Wildman–Crippen LogP) is 5.65. The summed E-state index contributed by atoms with van der Waals surface area (Å²) in [5.74, 6) is 0.487. The zero-order valence-corrected chi connectivity index (χ0v) is 20.1. The van der Waals surface area contributed by atoms with Crippen molar-refractivity contribution >= 4 is 50.4 Å². The standard InChI is InChI=1S/C22H15F3N6OS3/c23-22(24,25)15-8-4-5-13(9-15)10-16-11-26-19(34-16)27-17(32)12-33-21-30-31-18(28-29-20(31)35-21)14-6-2-1-3-7-14/h1-9,11H,10,12H2,(H,26,27,32). The van der Waals surface area contributed by atoms with E-state index < -0.39 is 11.7 Å². The lowest BCUT2D eigenvalue weighted by Gasteiger charge is -2.07. The first-order valence-corrected chi connectivity index (χ1v) is 12.8. The maximum atomic E-state index is 12.9. The second-order valence-electron chi connectivity index (χ2n) is 7.30. The molecule has 0 fully saturated rings. The second kappa shape index (κ2) is 9.76. The Morgan fingerprint density at radius 1 is 1.06 bits per heavy atom. The van der Waals surface area contributed by atoms with Crippen LogP contribution in [0.4, 0.5) is 18.3 Å². The zero-order chi connectivity index (χ0) is 24.4. The van der Waals surface area contributed by atoms with Gasteiger partial charge in [-0.25, -0.2) is 4.98 Å². The van der Waals surface area contributed by atoms with Crippen LogP contribution in [0.1, 0.15) is 16.0 Å². The highest BCUT2D eigenvalue weighted by atomic mass is 32.2. The van der Waals surface area contributed by atoms with Gasteiger partial charge >= 0.3 is 6.18 Å². The molecule has 0 saturated carbocycles. The number of thioether (sulfide) groups is 1. The number of halogens is 3. The minimum absolute atomic E-state index is 0.118. The monoisotopic (exact) mass is 532 g/mol. The molecule has 0 atom stereocenters. The molecule has 0 unspecified atom stereocenters. The first kappa shape index (κ1) is 23.5. The summed E-state index contributed by atoms with van der Waals surface area (Å²) in [7, 11) is 0. The Morgan fingerprint density at radius 3 is 2.69 bits per heavy atom. The van der Waals surface area contributed by atoms with Gasteiger partial charge in [0.25, 0.3) is 0 Å². The number of alkyl halides is 3. The lowest BCUT2D eigenvalue weighted by Crippen LogP contribution is -2.13. The van der Waals surface area contributed by atoms with Gasteiger partial charge in [-0.3, -0.25) is 4.79 Å². The number of amides is 1. The lowest BCUT2D eigenvalue weighted by atomic mass is 10.1. The average molecular weight is 533 g/mol. The number of carbonyl (C=O) groups excluding carboxylic acids is 1. The van der Waals surface area contributed by atoms with Crippen molar-refractivity contribution in [3.63, 3.8) is 0 Å². The topological polar surface area (TPSA) is 85.1 Å². The first-order chi connectivity index (χ1) is 16.8. The van der Waals surface area contributed by atoms with Crippen LogP contribution in [0.2, 0.25) is 0 Å². The van der Waals surface area contributed by atoms with E-state index in [1.807, 2.05) is 30.3 Å². The highest BCUT2D eigenvalue weighted by Gasteiger charge is 2.30. The molecular formula is C22H15F3N6OS3. The number of fused-ring (bicyclic) bond motifs is 1. The molecule has 7 nitrogen and oxygen atoms in total. The molecule has 0 spiro atoms. The van der Waals surface area contributed by atoms with E-state index in [0.29, 0.717) is 32.2 Å². The molecule has 0 bridgehead atoms. The molecule has 3 heterocycles. The number of nitrogens with zero attached hydrogens (tertiary/aromatic N) is 5. The van der Waals surface area contributed by atoms with Crippen LogP contribution in [-0.2, 0) is 17.4 Å². The zero-order valence-electron chi connectivity index (χ0n) is 17.7. The van der Waals surface area contributed by atoms with Crippen LogP contribution in [0.25, 0.3) is 16.3 Å². The summed E-state index contributed by atoms with van der Waals surface area (Å²) in [6.07, 6.45) is -2.54. The van der Waals surface area contributed by atoms with Crippen molar-refractivity contribution in [2.75, 3.05) is 11.1 Å². The minimum Gasteiger partial charge on any atom is -0.301 e. The fourth-order valence-corrected chi connectivity index (χ4v) is 5.75. The first-order valence-electron chi connectivity index (χ1n) is 10.2. The van der Waals surface area contributed by atoms with E-state index in [9.17, 15) is 18.0 Å². The van der Waals surface area contributed by atoms with Crippen molar-refractivity contribution in [3.05, 3.63) is 76.8 Å². The van der Waals surface area contributed by atoms with Gasteiger partial charge in [-0.15, -0.1) is 26.6 Å². The molecule has 1 N–H and O–H groups in total. The number of aromatic nitrogens is 5. The molecule has 0 aliphatic carbocycles. The second-order valence-corrected chi connectivity index (χ2v) is 10.6. The van der Waals surface area contributed by atoms with E-state index in [4.69, 9.17) is 0 Å². The van der Waals surface area contributed by atoms with E-state index in [2.05, 4.69) is 25.6 Å². The van der Waals surface area contributed by atoms with E-state index >= 15 is 0 Å². The molecular weight excluding hydrogens is 517 g/mol. The van der Waals surface area contributed by atoms with Gasteiger partial charge in [0.05, 0.1) is 11.3 Å². The van der Waals surface area contributed by atoms with Crippen LogP contribution in [0.5, 0.6) is 0 Å². The summed E-state index contributed by atoms with van der Waals surface area (Å²) in [5.41, 5.74) is 0.728. The van der Waals surface area contributed by atoms with E-state index in [0.717, 1.165) is 22.6 Å². The van der Waals surface area contributed by atoms with Gasteiger partial charge in [0.1, 0.15) is 0 Å². The molecule has 1 amide bonds. The number of hydrogen-bond donors (Lipinski definition) is 1. The van der Waals surface area contributed by atoms with Gasteiger partial charge in [0.2, 0.25) is 10.9 Å². The number of nitrogens with one attached hydrogen (secondary N) is 1. The Morgan fingerprint density at radius 2 is 1.89 bits per heavy atom. The van der Waals surface area contributed by atoms with Crippen LogP contribution in [0.15, 0.2) is 65.1 Å². The Kier molecular flexibility index (Phi) is 6.54. The van der Waals surface area contributed by atoms with Crippen molar-refractivity contribution in [1.29, 1.82) is 0 Å². The van der Waals surface area contributed by atoms with Crippen molar-refractivity contribution in [2.24, 2.45) is 0 Å². The maximum absolute atomic E-state index is 12.9. The summed E-state index contributed by atoms with van der Waals surface area (Å²) in [6.45, 7) is 0. The predicted molar refractivity (Wildman–Crippen MR) is 130 cm³/mol. The van der Waals surface area contributed by atoms with Gasteiger partial charge in [0, 0.05) is 23.1 Å². The summed E-state index contributed by atoms with van der Waals surface area (Å²) in [4.78, 5) is 17.9. The molecule has 5 aromatic rings. The molecule has 35 heavy (non-hydrogen) atoms. The molecule has 5 rings (SSSR count). The smallest absolute Gasteiger partial charge is 0.301 e. The molecule has 2 aromatic carbocycles. The highest BCUT2D eigenvalue weighted by Crippen LogP contribution is 2.31. The Bertz CT molecular complexity index is 1480. The van der Waals surface area contributed by atoms with E-state index in [1.165, 1.54) is 40.5 Å². The Hall–Kier alpha value is -3.29. The number of anilines is 1. The van der Waals surface area contributed by atoms with Crippen LogP contribution >= 0.6 is 34.4 Å². The Labute approximate surface area is 209 Å². The molecule has 0 saturated heterocycles. The fourth-order valence-electron chi connectivity index (χ4n) is 3.21. The third kappa shape index (κ3) is 5.52. The normalized spacial score (nSPS) is 11.7. The number of hydrogen-bond acceptors (Lipinski definition) is 8. The Balaban J connectivity index is 1.18. The van der Waals surface area contributed by atoms with Crippen molar-refractivity contribution in [1.82, 2.24) is 24.8 Å². The lowest BCUT2D eigenvalue weighted by molar-refractivity contribution is -0.137. The SMILES string of the molecule is O=C(CSc1nn2c(-c3ccccc3)nnc2s1)Nc1ncc(Cc2cccc(C(F)(F)F)c2)s1. The van der Waals surface area contributed by atoms with Crippen LogP contribution in [-0.4, -0.2) is 36.5 Å². The third-order valence-corrected chi connectivity index (χ3v) is 7.71. The van der Waals surface area contributed by atoms with E-state index in [-0.39, 0.29) is 11.7 Å². The number of benzene rings is 2. The van der Waals surface area contributed by atoms with Gasteiger partial charge in [-0.2, -0.15) is 17.7 Å². The van der Waals surface area contributed by atoms with E-state index in [1.54, 1.807) is 16.8 Å². The fraction of sp³-hybridized carbons (Fsp3) is 0.136. The summed E-state index contributed by atoms with van der Waals surface area (Å²) in [5, 5.41) is 16.0. The molecule has 3 aromatic heterocycles. The van der Waals surface area contributed by atoms with Crippen molar-refractivity contribution in [3.8, 4) is 11.4 Å². The molecule has 13 heteroatoms. The largest absolute Gasteiger partial charge is 0.416 e. The van der Waals surface area contributed by atoms with Crippen LogP contribution < -0.4 is 5.32 Å². The average Bonchev–Trinajstić information content (AvgIpc) is 3.54. The van der Waals surface area contributed by atoms with Gasteiger partial charge in [-0.1, -0.05) is 71.6 Å². The summed E-state index contributed by atoms with van der Waals surface area (Å²) in [6, 6.07) is 14.8. The van der Waals surface area contributed by atoms with Gasteiger partial charge in [0.15, 0.2) is 15.3 Å². The van der Waals surface area contributed by atoms with Crippen LogP contribution in [0, 0.1) is 0 Å². The molecule has 0 aliphatic heterocycles. The van der Waals surface area contributed by atoms with Crippen molar-refractivity contribution < 1.29 is 18.0 Å². The van der Waals surface area contributed by atoms with Crippen molar-refractivity contribution in [2.45, 2.75) is 16.9 Å². The molecule has 0 aliphatic rings. The minimum atomic E-state index is -4.39. The number of thiazole rings is 1. The number of carbonyl (C=O) groups is 1. The maximum Gasteiger partial charge on any atom is 0.416 e. The van der Waals surface area contributed by atoms with Crippen LogP contribution in [0.3, 0.4) is 0 Å².